The summed E-state index contributed by atoms with van der Waals surface area (Å²) in [5.41, 5.74) is 0. The molecule has 0 aliphatic carbocycles. The van der Waals surface area contributed by atoms with Gasteiger partial charge in [-0.25, -0.2) is 0 Å². The van der Waals surface area contributed by atoms with Crippen molar-refractivity contribution < 1.29 is 24.5 Å². The van der Waals surface area contributed by atoms with Gasteiger partial charge in [0.15, 0.2) is 0 Å². The van der Waals surface area contributed by atoms with E-state index in [4.69, 9.17) is 4.74 Å². The summed E-state index contributed by atoms with van der Waals surface area (Å²) in [7, 11) is 0. The quantitative estimate of drug-likeness (QED) is 0.0246. The maximum Gasteiger partial charge on any atom is 0.306 e. The highest BCUT2D eigenvalue weighted by molar-refractivity contribution is 5.77. The first kappa shape index (κ1) is 58.5. The number of rotatable bonds is 43. The number of allylic oxidation sites excluding steroid dienone is 18. The minimum atomic E-state index is -0.816. The van der Waals surface area contributed by atoms with Crippen LogP contribution in [0.1, 0.15) is 207 Å². The lowest BCUT2D eigenvalue weighted by Gasteiger charge is -2.24. The Morgan fingerprint density at radius 3 is 1.53 bits per heavy atom. The van der Waals surface area contributed by atoms with E-state index in [0.29, 0.717) is 19.3 Å². The summed E-state index contributed by atoms with van der Waals surface area (Å²) in [5, 5.41) is 23.7. The van der Waals surface area contributed by atoms with E-state index < -0.39 is 18.2 Å². The molecule has 0 bridgehead atoms. The first-order chi connectivity index (χ1) is 30.5. The summed E-state index contributed by atoms with van der Waals surface area (Å²) in [6.07, 6.45) is 65.7. The lowest BCUT2D eigenvalue weighted by molar-refractivity contribution is -0.151. The molecular weight excluding hydrogens is 767 g/mol. The summed E-state index contributed by atoms with van der Waals surface area (Å²) < 4.78 is 5.89. The number of ether oxygens (including phenoxy) is 1. The van der Waals surface area contributed by atoms with Crippen LogP contribution in [-0.4, -0.2) is 46.9 Å². The number of amides is 1. The van der Waals surface area contributed by atoms with E-state index in [2.05, 4.69) is 74.7 Å². The van der Waals surface area contributed by atoms with E-state index in [1.807, 2.05) is 60.8 Å². The van der Waals surface area contributed by atoms with Crippen molar-refractivity contribution in [2.24, 2.45) is 0 Å². The average molecular weight is 860 g/mol. The molecule has 352 valence electrons. The van der Waals surface area contributed by atoms with Gasteiger partial charge in [0.05, 0.1) is 25.2 Å². The molecule has 0 aliphatic heterocycles. The van der Waals surface area contributed by atoms with Crippen molar-refractivity contribution in [3.8, 4) is 0 Å². The van der Waals surface area contributed by atoms with Crippen LogP contribution in [0.2, 0.25) is 0 Å². The molecule has 0 fully saturated rings. The van der Waals surface area contributed by atoms with E-state index >= 15 is 0 Å². The Bertz CT molecular complexity index is 1280. The molecule has 1 amide bonds. The van der Waals surface area contributed by atoms with Crippen LogP contribution < -0.4 is 5.32 Å². The molecule has 6 heteroatoms. The number of aliphatic hydroxyl groups is 2. The number of unbranched alkanes of at least 4 members (excludes halogenated alkanes) is 18. The van der Waals surface area contributed by atoms with Crippen molar-refractivity contribution in [1.29, 1.82) is 0 Å². The smallest absolute Gasteiger partial charge is 0.306 e. The second-order valence-electron chi connectivity index (χ2n) is 16.6. The number of aliphatic hydroxyl groups excluding tert-OH is 2. The summed E-state index contributed by atoms with van der Waals surface area (Å²) in [5.74, 6) is -0.574. The highest BCUT2D eigenvalue weighted by Gasteiger charge is 2.24. The Hall–Kier alpha value is -3.48. The van der Waals surface area contributed by atoms with E-state index in [0.717, 1.165) is 89.9 Å². The van der Waals surface area contributed by atoms with Crippen LogP contribution in [0.5, 0.6) is 0 Å². The lowest BCUT2D eigenvalue weighted by atomic mass is 10.0. The van der Waals surface area contributed by atoms with Crippen LogP contribution >= 0.6 is 0 Å². The molecule has 0 rings (SSSR count). The molecular formula is C56H93NO5. The molecule has 3 unspecified atom stereocenters. The Morgan fingerprint density at radius 2 is 0.968 bits per heavy atom. The number of esters is 1. The molecule has 0 saturated heterocycles. The highest BCUT2D eigenvalue weighted by atomic mass is 16.5. The third kappa shape index (κ3) is 43.2. The Labute approximate surface area is 381 Å². The standard InChI is InChI=1S/C56H93NO5/c1-4-7-10-13-16-19-22-25-27-29-31-34-37-40-43-46-49-56(61)62-52(47-44-41-38-35-32-30-28-26-23-20-17-14-11-8-5-2)50-55(60)57-53(51-58)54(59)48-45-42-39-36-33-24-21-18-15-12-9-6-3/h7-8,10-11,14,16-17,19-20,23,25-28,30,32,35,38,52-54,58-59H,4-6,9,12-13,15,18,21-22,24,29,31,33-34,36-37,39-51H2,1-3H3,(H,57,60)/b10-7+,11-8-,17-14+,19-16+,23-20+,27-25+,28-26-,32-30+,38-35+. The van der Waals surface area contributed by atoms with Crippen molar-refractivity contribution in [3.63, 3.8) is 0 Å². The maximum absolute atomic E-state index is 13.2. The Morgan fingerprint density at radius 1 is 0.500 bits per heavy atom. The van der Waals surface area contributed by atoms with E-state index in [9.17, 15) is 19.8 Å². The van der Waals surface area contributed by atoms with Gasteiger partial charge >= 0.3 is 5.97 Å². The van der Waals surface area contributed by atoms with E-state index in [-0.39, 0.29) is 24.9 Å². The predicted octanol–water partition coefficient (Wildman–Crippen LogP) is 15.1. The number of hydrogen-bond acceptors (Lipinski definition) is 5. The van der Waals surface area contributed by atoms with Crippen LogP contribution in [-0.2, 0) is 14.3 Å². The van der Waals surface area contributed by atoms with Crippen molar-refractivity contribution in [1.82, 2.24) is 5.32 Å². The number of carbonyl (C=O) groups excluding carboxylic acids is 2. The lowest BCUT2D eigenvalue weighted by Crippen LogP contribution is -2.46. The molecule has 0 aromatic heterocycles. The fourth-order valence-corrected chi connectivity index (χ4v) is 7.01. The minimum Gasteiger partial charge on any atom is -0.462 e. The van der Waals surface area contributed by atoms with Gasteiger partial charge in [0.25, 0.3) is 0 Å². The number of nitrogens with one attached hydrogen (secondary N) is 1. The highest BCUT2D eigenvalue weighted by Crippen LogP contribution is 2.16. The van der Waals surface area contributed by atoms with Gasteiger partial charge in [-0.3, -0.25) is 9.59 Å². The third-order valence-corrected chi connectivity index (χ3v) is 10.8. The fourth-order valence-electron chi connectivity index (χ4n) is 7.01. The Kier molecular flexibility index (Phi) is 45.8. The van der Waals surface area contributed by atoms with Crippen LogP contribution in [0.3, 0.4) is 0 Å². The molecule has 0 aliphatic rings. The predicted molar refractivity (Wildman–Crippen MR) is 268 cm³/mol. The largest absolute Gasteiger partial charge is 0.462 e. The average Bonchev–Trinajstić information content (AvgIpc) is 3.26. The first-order valence-electron chi connectivity index (χ1n) is 25.2. The number of hydrogen-bond donors (Lipinski definition) is 3. The SMILES string of the molecule is CC\C=C/C=C/C=C/C=C\C=C\C=C\CCCC(CC(=O)NC(CO)C(O)CCCCCCCCCCCCCC)OC(=O)CCCCCCCC/C=C/C/C=C/C/C=C/CC. The van der Waals surface area contributed by atoms with Gasteiger partial charge in [-0.05, 0) is 70.6 Å². The zero-order valence-corrected chi connectivity index (χ0v) is 40.0. The summed E-state index contributed by atoms with van der Waals surface area (Å²) in [6, 6.07) is -0.735. The molecule has 3 N–H and O–H groups in total. The zero-order valence-electron chi connectivity index (χ0n) is 40.0. The Balaban J connectivity index is 4.77. The monoisotopic (exact) mass is 860 g/mol. The van der Waals surface area contributed by atoms with Crippen LogP contribution in [0.25, 0.3) is 0 Å². The third-order valence-electron chi connectivity index (χ3n) is 10.8. The van der Waals surface area contributed by atoms with E-state index in [1.54, 1.807) is 0 Å². The molecule has 0 spiro atoms. The molecule has 0 saturated carbocycles. The van der Waals surface area contributed by atoms with Crippen molar-refractivity contribution in [3.05, 3.63) is 109 Å². The van der Waals surface area contributed by atoms with Gasteiger partial charge in [0, 0.05) is 6.42 Å². The van der Waals surface area contributed by atoms with Gasteiger partial charge in [0.1, 0.15) is 6.10 Å². The first-order valence-corrected chi connectivity index (χ1v) is 25.2. The van der Waals surface area contributed by atoms with E-state index in [1.165, 1.54) is 70.6 Å². The molecule has 0 aromatic carbocycles. The van der Waals surface area contributed by atoms with Gasteiger partial charge in [-0.1, -0.05) is 233 Å². The van der Waals surface area contributed by atoms with Crippen molar-refractivity contribution in [2.75, 3.05) is 6.61 Å². The minimum absolute atomic E-state index is 0.0145. The molecule has 3 atom stereocenters. The molecule has 6 nitrogen and oxygen atoms in total. The normalized spacial score (nSPS) is 14.2. The maximum atomic E-state index is 13.2. The van der Waals surface area contributed by atoms with Gasteiger partial charge in [0.2, 0.25) is 5.91 Å². The van der Waals surface area contributed by atoms with Crippen molar-refractivity contribution in [2.45, 2.75) is 225 Å². The van der Waals surface area contributed by atoms with Gasteiger partial charge < -0.3 is 20.3 Å². The van der Waals surface area contributed by atoms with Crippen LogP contribution in [0.15, 0.2) is 109 Å². The van der Waals surface area contributed by atoms with Crippen LogP contribution in [0.4, 0.5) is 0 Å². The number of carbonyl (C=O) groups is 2. The zero-order chi connectivity index (χ0) is 45.2. The molecule has 0 radical (unpaired) electrons. The fraction of sp³-hybridized carbons (Fsp3) is 0.643. The topological polar surface area (TPSA) is 95.9 Å². The van der Waals surface area contributed by atoms with Crippen LogP contribution in [0, 0.1) is 0 Å². The van der Waals surface area contributed by atoms with Crippen molar-refractivity contribution >= 4 is 11.9 Å². The molecule has 62 heavy (non-hydrogen) atoms. The molecule has 0 heterocycles. The summed E-state index contributed by atoms with van der Waals surface area (Å²) in [4.78, 5) is 26.1. The van der Waals surface area contributed by atoms with Gasteiger partial charge in [-0.15, -0.1) is 0 Å². The second kappa shape index (κ2) is 48.6. The summed E-state index contributed by atoms with van der Waals surface area (Å²) in [6.45, 7) is 6.19. The summed E-state index contributed by atoms with van der Waals surface area (Å²) >= 11 is 0. The molecule has 0 aromatic rings. The second-order valence-corrected chi connectivity index (χ2v) is 16.6. The van der Waals surface area contributed by atoms with Gasteiger partial charge in [-0.2, -0.15) is 0 Å².